The highest BCUT2D eigenvalue weighted by Gasteiger charge is 2.41. The van der Waals surface area contributed by atoms with Crippen molar-refractivity contribution >= 4 is 23.9 Å². The highest BCUT2D eigenvalue weighted by Crippen LogP contribution is 2.25. The molecule has 55 heavy (non-hydrogen) atoms. The van der Waals surface area contributed by atoms with E-state index in [4.69, 9.17) is 0 Å². The van der Waals surface area contributed by atoms with E-state index in [2.05, 4.69) is 41.8 Å². The summed E-state index contributed by atoms with van der Waals surface area (Å²) < 4.78 is 0. The molecule has 5 amide bonds. The molecule has 1 aliphatic rings. The van der Waals surface area contributed by atoms with Crippen LogP contribution in [-0.4, -0.2) is 109 Å². The Morgan fingerprint density at radius 2 is 1.58 bits per heavy atom. The highest BCUT2D eigenvalue weighted by atomic mass is 16.4. The first-order chi connectivity index (χ1) is 25.5. The molecule has 5 atom stereocenters. The predicted molar refractivity (Wildman–Crippen MR) is 212 cm³/mol. The van der Waals surface area contributed by atoms with Crippen molar-refractivity contribution in [1.82, 2.24) is 35.9 Å². The first kappa shape index (κ1) is 45.1. The van der Waals surface area contributed by atoms with E-state index < -0.39 is 53.2 Å². The Bertz CT molecular complexity index is 1590. The number of amides is 5. The number of aromatic nitrogens is 1. The topological polar surface area (TPSA) is 188 Å². The van der Waals surface area contributed by atoms with Crippen LogP contribution in [0, 0.1) is 16.7 Å². The summed E-state index contributed by atoms with van der Waals surface area (Å²) in [5, 5.41) is 38.9. The minimum absolute atomic E-state index is 0.0648. The summed E-state index contributed by atoms with van der Waals surface area (Å²) >= 11 is 0. The molecule has 306 valence electrons. The molecule has 0 spiro atoms. The van der Waals surface area contributed by atoms with Gasteiger partial charge in [-0.25, -0.2) is 14.6 Å². The number of carbonyl (C=O) groups is 4. The highest BCUT2D eigenvalue weighted by molar-refractivity contribution is 5.88. The van der Waals surface area contributed by atoms with Gasteiger partial charge in [-0.05, 0) is 61.1 Å². The van der Waals surface area contributed by atoms with Gasteiger partial charge in [-0.15, -0.1) is 0 Å². The third-order valence-electron chi connectivity index (χ3n) is 9.99. The van der Waals surface area contributed by atoms with Crippen LogP contribution in [0.4, 0.5) is 9.59 Å². The Morgan fingerprint density at radius 1 is 0.927 bits per heavy atom. The van der Waals surface area contributed by atoms with Gasteiger partial charge in [0, 0.05) is 26.2 Å². The number of nitrogens with one attached hydrogen (secondary N) is 3. The molecule has 3 rings (SSSR count). The van der Waals surface area contributed by atoms with Crippen LogP contribution in [0.15, 0.2) is 48.5 Å². The lowest BCUT2D eigenvalue weighted by atomic mass is 9.86. The van der Waals surface area contributed by atoms with Crippen molar-refractivity contribution < 1.29 is 34.5 Å². The van der Waals surface area contributed by atoms with Crippen molar-refractivity contribution in [2.75, 3.05) is 26.2 Å². The average molecular weight is 768 g/mol. The van der Waals surface area contributed by atoms with Crippen LogP contribution in [0.2, 0.25) is 0 Å². The van der Waals surface area contributed by atoms with Crippen LogP contribution < -0.4 is 16.1 Å². The fourth-order valence-electron chi connectivity index (χ4n) is 6.50. The van der Waals surface area contributed by atoms with Crippen LogP contribution in [0.1, 0.15) is 99.0 Å². The van der Waals surface area contributed by atoms with E-state index in [9.17, 15) is 34.5 Å². The summed E-state index contributed by atoms with van der Waals surface area (Å²) in [6.07, 6.45) is -0.967. The van der Waals surface area contributed by atoms with Crippen molar-refractivity contribution in [3.8, 4) is 0 Å². The van der Waals surface area contributed by atoms with E-state index in [-0.39, 0.29) is 36.9 Å². The number of aliphatic hydroxyl groups excluding tert-OH is 1. The Kier molecular flexibility index (Phi) is 15.6. The lowest BCUT2D eigenvalue weighted by molar-refractivity contribution is -0.132. The number of carbonyl (C=O) groups excluding carboxylic acids is 3. The van der Waals surface area contributed by atoms with E-state index in [1.807, 2.05) is 44.2 Å². The molecule has 1 fully saturated rings. The number of benzene rings is 1. The zero-order valence-electron chi connectivity index (χ0n) is 34.4. The molecule has 1 aliphatic heterocycles. The molecule has 2 aromatic rings. The summed E-state index contributed by atoms with van der Waals surface area (Å²) in [7, 11) is 0. The summed E-state index contributed by atoms with van der Waals surface area (Å²) in [6, 6.07) is 11.8. The number of aliphatic hydroxyl groups is 2. The van der Waals surface area contributed by atoms with Gasteiger partial charge in [0.15, 0.2) is 0 Å². The maximum absolute atomic E-state index is 14.4. The minimum atomic E-state index is -1.32. The summed E-state index contributed by atoms with van der Waals surface area (Å²) in [5.41, 5.74) is 2.85. The number of carboxylic acid groups (broad SMARTS) is 1. The Labute approximate surface area is 327 Å². The second kappa shape index (κ2) is 19.1. The minimum Gasteiger partial charge on any atom is -0.465 e. The van der Waals surface area contributed by atoms with Gasteiger partial charge in [-0.2, -0.15) is 0 Å². The summed E-state index contributed by atoms with van der Waals surface area (Å²) in [4.78, 5) is 61.3. The number of hydrogen-bond donors (Lipinski definition) is 6. The van der Waals surface area contributed by atoms with Crippen molar-refractivity contribution in [2.24, 2.45) is 16.7 Å². The molecule has 6 N–H and O–H groups in total. The molecule has 14 nitrogen and oxygen atoms in total. The van der Waals surface area contributed by atoms with Crippen LogP contribution in [0.3, 0.4) is 0 Å². The fourth-order valence-corrected chi connectivity index (χ4v) is 6.50. The third kappa shape index (κ3) is 13.8. The largest absolute Gasteiger partial charge is 0.465 e. The molecular weight excluding hydrogens is 702 g/mol. The molecule has 0 aliphatic carbocycles. The first-order valence-electron chi connectivity index (χ1n) is 19.3. The molecular formula is C41H65N7O7. The monoisotopic (exact) mass is 767 g/mol. The number of hydrazine groups is 1. The van der Waals surface area contributed by atoms with E-state index in [1.165, 1.54) is 0 Å². The summed E-state index contributed by atoms with van der Waals surface area (Å²) in [5.74, 6) is -1.17. The average Bonchev–Trinajstić information content (AvgIpc) is 3.43. The number of urea groups is 1. The Balaban J connectivity index is 1.88. The van der Waals surface area contributed by atoms with Gasteiger partial charge >= 0.3 is 12.1 Å². The Hall–Kier alpha value is -4.27. The number of pyridine rings is 1. The van der Waals surface area contributed by atoms with Gasteiger partial charge < -0.3 is 35.8 Å². The van der Waals surface area contributed by atoms with Crippen molar-refractivity contribution in [3.05, 3.63) is 65.5 Å². The van der Waals surface area contributed by atoms with Crippen LogP contribution >= 0.6 is 0 Å². The number of nitrogens with zero attached hydrogens (tertiary/aromatic N) is 4. The quantitative estimate of drug-likeness (QED) is 0.119. The van der Waals surface area contributed by atoms with E-state index in [0.29, 0.717) is 43.9 Å². The van der Waals surface area contributed by atoms with Gasteiger partial charge in [0.05, 0.1) is 30.1 Å². The van der Waals surface area contributed by atoms with Gasteiger partial charge in [-0.3, -0.25) is 20.0 Å². The maximum atomic E-state index is 14.4. The summed E-state index contributed by atoms with van der Waals surface area (Å²) in [6.45, 7) is 19.9. The van der Waals surface area contributed by atoms with E-state index in [0.717, 1.165) is 5.56 Å². The number of hydrogen-bond acceptors (Lipinski definition) is 8. The second-order valence-corrected chi connectivity index (χ2v) is 17.7. The van der Waals surface area contributed by atoms with Gasteiger partial charge in [0.2, 0.25) is 5.91 Å². The molecule has 0 unspecified atom stereocenters. The zero-order chi connectivity index (χ0) is 41.3. The lowest BCUT2D eigenvalue weighted by Crippen LogP contribution is -2.60. The van der Waals surface area contributed by atoms with E-state index in [1.54, 1.807) is 67.6 Å². The van der Waals surface area contributed by atoms with E-state index >= 15 is 0 Å². The fraction of sp³-hybridized carbons (Fsp3) is 0.634. The van der Waals surface area contributed by atoms with Crippen LogP contribution in [0.5, 0.6) is 0 Å². The van der Waals surface area contributed by atoms with Crippen LogP contribution in [0.25, 0.3) is 0 Å². The normalized spacial score (nSPS) is 16.7. The molecule has 2 heterocycles. The molecule has 0 bridgehead atoms. The van der Waals surface area contributed by atoms with Crippen LogP contribution in [-0.2, 0) is 28.2 Å². The number of rotatable bonds is 18. The van der Waals surface area contributed by atoms with Gasteiger partial charge in [0.1, 0.15) is 17.7 Å². The first-order valence-corrected chi connectivity index (χ1v) is 19.3. The molecule has 14 heteroatoms. The second-order valence-electron chi connectivity index (χ2n) is 17.7. The third-order valence-corrected chi connectivity index (χ3v) is 9.99. The van der Waals surface area contributed by atoms with Gasteiger partial charge in [0.25, 0.3) is 5.91 Å². The smallest absolute Gasteiger partial charge is 0.405 e. The predicted octanol–water partition coefficient (Wildman–Crippen LogP) is 4.50. The molecule has 0 saturated carbocycles. The molecule has 0 radical (unpaired) electrons. The standard InChI is InChI=1S/C41H65N7O7/c1-11-27(2)33(48-23-22-46(38(48)54)25-29-18-15-19-32(42-29)41(9,10)55)35(50)43-30(24-28-16-13-12-14-17-28)31(49)26-47(21-20-39(3,4)5)45-36(51)34(40(6,7)8)44-37(52)53/h12-19,27,30-31,33-34,44,49,55H,11,20-26H2,1-10H3,(H,43,50)(H,45,51)(H,52,53)/t27-,30-,31-,33-,34+/m0/s1. The zero-order valence-corrected chi connectivity index (χ0v) is 34.4. The molecule has 1 aromatic carbocycles. The Morgan fingerprint density at radius 3 is 2.15 bits per heavy atom. The SMILES string of the molecule is CC[C@H](C)[C@@H](C(=O)N[C@@H](Cc1ccccc1)[C@@H](O)CN(CCC(C)(C)C)NC(=O)[C@@H](NC(=O)O)C(C)(C)C)N1CCN(Cc2cccc(C(C)(C)O)n2)C1=O. The van der Waals surface area contributed by atoms with Crippen molar-refractivity contribution in [3.63, 3.8) is 0 Å². The molecule has 1 saturated heterocycles. The van der Waals surface area contributed by atoms with Crippen molar-refractivity contribution in [2.45, 2.75) is 125 Å². The van der Waals surface area contributed by atoms with Gasteiger partial charge in [-0.1, -0.05) is 98.2 Å². The molecule has 1 aromatic heterocycles. The maximum Gasteiger partial charge on any atom is 0.405 e. The lowest BCUT2D eigenvalue weighted by Gasteiger charge is -2.36. The van der Waals surface area contributed by atoms with Crippen molar-refractivity contribution in [1.29, 1.82) is 0 Å².